The van der Waals surface area contributed by atoms with Gasteiger partial charge >= 0.3 is 0 Å². The summed E-state index contributed by atoms with van der Waals surface area (Å²) in [6.07, 6.45) is 0.959. The summed E-state index contributed by atoms with van der Waals surface area (Å²) in [6, 6.07) is 10.2. The third kappa shape index (κ3) is 3.29. The highest BCUT2D eigenvalue weighted by atomic mass is 32.2. The highest BCUT2D eigenvalue weighted by Gasteiger charge is 2.16. The van der Waals surface area contributed by atoms with Gasteiger partial charge in [0.2, 0.25) is 9.84 Å². The number of hydrogen-bond donors (Lipinski definition) is 0. The first-order valence-electron chi connectivity index (χ1n) is 6.46. The minimum Gasteiger partial charge on any atom is -0.252 e. The van der Waals surface area contributed by atoms with E-state index in [1.807, 2.05) is 12.1 Å². The Morgan fingerprint density at radius 3 is 2.52 bits per heavy atom. The Morgan fingerprint density at radius 1 is 1.19 bits per heavy atom. The molecule has 5 heteroatoms. The number of nitrogens with zero attached hydrogens (tertiary/aromatic N) is 2. The summed E-state index contributed by atoms with van der Waals surface area (Å²) in [6.45, 7) is 6.23. The highest BCUT2D eigenvalue weighted by molar-refractivity contribution is 7.94. The Kier molecular flexibility index (Phi) is 3.84. The van der Waals surface area contributed by atoms with Crippen molar-refractivity contribution in [2.24, 2.45) is 0 Å². The Balaban J connectivity index is 2.55. The standard InChI is InChI=1S/C16H16N2O2S/c1-16(2,3)15-8-5-12-11-13(6-7-14(12)18-15)21(19,20)10-4-9-17/h4-8,10-11H,1-3H3. The van der Waals surface area contributed by atoms with Crippen molar-refractivity contribution in [2.45, 2.75) is 31.1 Å². The molecule has 0 amide bonds. The van der Waals surface area contributed by atoms with Gasteiger partial charge in [-0.25, -0.2) is 8.42 Å². The molecule has 108 valence electrons. The van der Waals surface area contributed by atoms with Crippen LogP contribution in [-0.2, 0) is 15.3 Å². The van der Waals surface area contributed by atoms with Crippen molar-refractivity contribution in [1.29, 1.82) is 5.26 Å². The number of aromatic nitrogens is 1. The van der Waals surface area contributed by atoms with Gasteiger partial charge in [0.1, 0.15) is 0 Å². The summed E-state index contributed by atoms with van der Waals surface area (Å²) < 4.78 is 24.0. The van der Waals surface area contributed by atoms with Crippen molar-refractivity contribution in [3.8, 4) is 6.07 Å². The second-order valence-electron chi connectivity index (χ2n) is 5.78. The summed E-state index contributed by atoms with van der Waals surface area (Å²) in [4.78, 5) is 4.73. The van der Waals surface area contributed by atoms with E-state index in [0.29, 0.717) is 0 Å². The van der Waals surface area contributed by atoms with Crippen LogP contribution in [0.2, 0.25) is 0 Å². The van der Waals surface area contributed by atoms with Gasteiger partial charge in [-0.05, 0) is 24.3 Å². The summed E-state index contributed by atoms with van der Waals surface area (Å²) >= 11 is 0. The molecule has 0 N–H and O–H groups in total. The van der Waals surface area contributed by atoms with E-state index in [-0.39, 0.29) is 10.3 Å². The summed E-state index contributed by atoms with van der Waals surface area (Å²) in [5, 5.41) is 10.1. The minimum atomic E-state index is -3.58. The SMILES string of the molecule is CC(C)(C)c1ccc2cc(S(=O)(=O)C=CC#N)ccc2n1. The lowest BCUT2D eigenvalue weighted by atomic mass is 9.91. The number of fused-ring (bicyclic) bond motifs is 1. The lowest BCUT2D eigenvalue weighted by molar-refractivity contribution is 0.571. The molecule has 1 heterocycles. The van der Waals surface area contributed by atoms with E-state index in [1.165, 1.54) is 6.07 Å². The van der Waals surface area contributed by atoms with E-state index in [0.717, 1.165) is 28.1 Å². The van der Waals surface area contributed by atoms with E-state index >= 15 is 0 Å². The van der Waals surface area contributed by atoms with Crippen LogP contribution in [0, 0.1) is 11.3 Å². The molecule has 2 aromatic rings. The number of allylic oxidation sites excluding steroid dienone is 1. The Bertz CT molecular complexity index is 854. The van der Waals surface area contributed by atoms with Crippen molar-refractivity contribution < 1.29 is 8.42 Å². The minimum absolute atomic E-state index is 0.0610. The van der Waals surface area contributed by atoms with Crippen LogP contribution in [0.25, 0.3) is 10.9 Å². The third-order valence-corrected chi connectivity index (χ3v) is 4.48. The Labute approximate surface area is 124 Å². The first kappa shape index (κ1) is 15.2. The molecular formula is C16H16N2O2S. The van der Waals surface area contributed by atoms with E-state index in [1.54, 1.807) is 18.2 Å². The van der Waals surface area contributed by atoms with Gasteiger partial charge in [-0.2, -0.15) is 5.26 Å². The highest BCUT2D eigenvalue weighted by Crippen LogP contribution is 2.25. The molecular weight excluding hydrogens is 284 g/mol. The molecule has 1 aromatic carbocycles. The van der Waals surface area contributed by atoms with E-state index in [2.05, 4.69) is 25.8 Å². The number of hydrogen-bond acceptors (Lipinski definition) is 4. The average Bonchev–Trinajstić information content (AvgIpc) is 2.43. The number of benzene rings is 1. The second-order valence-corrected chi connectivity index (χ2v) is 7.61. The van der Waals surface area contributed by atoms with Gasteiger partial charge in [-0.1, -0.05) is 26.8 Å². The molecule has 0 saturated heterocycles. The molecule has 21 heavy (non-hydrogen) atoms. The smallest absolute Gasteiger partial charge is 0.200 e. The lowest BCUT2D eigenvalue weighted by Gasteiger charge is -2.18. The first-order chi connectivity index (χ1) is 9.74. The zero-order chi connectivity index (χ0) is 15.7. The van der Waals surface area contributed by atoms with Crippen LogP contribution in [0.4, 0.5) is 0 Å². The van der Waals surface area contributed by atoms with Crippen LogP contribution in [0.15, 0.2) is 46.7 Å². The molecule has 4 nitrogen and oxygen atoms in total. The molecule has 0 radical (unpaired) electrons. The number of sulfone groups is 1. The maximum Gasteiger partial charge on any atom is 0.200 e. The van der Waals surface area contributed by atoms with Gasteiger partial charge in [-0.15, -0.1) is 0 Å². The number of pyridine rings is 1. The predicted octanol–water partition coefficient (Wildman–Crippen LogP) is 3.34. The first-order valence-corrected chi connectivity index (χ1v) is 8.01. The van der Waals surface area contributed by atoms with Crippen molar-refractivity contribution in [3.63, 3.8) is 0 Å². The third-order valence-electron chi connectivity index (χ3n) is 3.08. The normalized spacial score (nSPS) is 12.7. The average molecular weight is 300 g/mol. The van der Waals surface area contributed by atoms with E-state index in [4.69, 9.17) is 5.26 Å². The quantitative estimate of drug-likeness (QED) is 0.797. The molecule has 0 unspecified atom stereocenters. The van der Waals surface area contributed by atoms with Gasteiger partial charge in [0.05, 0.1) is 16.5 Å². The number of nitriles is 1. The van der Waals surface area contributed by atoms with Crippen LogP contribution in [0.5, 0.6) is 0 Å². The van der Waals surface area contributed by atoms with Crippen molar-refractivity contribution >= 4 is 20.7 Å². The van der Waals surface area contributed by atoms with Crippen molar-refractivity contribution in [1.82, 2.24) is 4.98 Å². The molecule has 0 spiro atoms. The summed E-state index contributed by atoms with van der Waals surface area (Å²) in [7, 11) is -3.58. The zero-order valence-electron chi connectivity index (χ0n) is 12.2. The van der Waals surface area contributed by atoms with Crippen molar-refractivity contribution in [2.75, 3.05) is 0 Å². The molecule has 0 aliphatic rings. The Hall–Kier alpha value is -2.19. The summed E-state index contributed by atoms with van der Waals surface area (Å²) in [5.41, 5.74) is 1.65. The fourth-order valence-corrected chi connectivity index (χ4v) is 2.84. The van der Waals surface area contributed by atoms with Gasteiger partial charge < -0.3 is 0 Å². The monoisotopic (exact) mass is 300 g/mol. The van der Waals surface area contributed by atoms with Crippen LogP contribution < -0.4 is 0 Å². The molecule has 2 rings (SSSR count). The van der Waals surface area contributed by atoms with Crippen LogP contribution in [0.3, 0.4) is 0 Å². The largest absolute Gasteiger partial charge is 0.252 e. The van der Waals surface area contributed by atoms with Crippen LogP contribution in [0.1, 0.15) is 26.5 Å². The molecule has 1 aromatic heterocycles. The van der Waals surface area contributed by atoms with E-state index < -0.39 is 9.84 Å². The predicted molar refractivity (Wildman–Crippen MR) is 82.4 cm³/mol. The maximum atomic E-state index is 12.0. The second kappa shape index (κ2) is 5.30. The summed E-state index contributed by atoms with van der Waals surface area (Å²) in [5.74, 6) is 0. The van der Waals surface area contributed by atoms with Gasteiger partial charge in [0.25, 0.3) is 0 Å². The van der Waals surface area contributed by atoms with Crippen LogP contribution in [-0.4, -0.2) is 13.4 Å². The van der Waals surface area contributed by atoms with Gasteiger partial charge in [0.15, 0.2) is 0 Å². The topological polar surface area (TPSA) is 70.8 Å². The lowest BCUT2D eigenvalue weighted by Crippen LogP contribution is -2.13. The molecule has 0 fully saturated rings. The molecule has 0 atom stereocenters. The molecule has 0 aliphatic carbocycles. The van der Waals surface area contributed by atoms with Gasteiger partial charge in [0, 0.05) is 28.0 Å². The van der Waals surface area contributed by atoms with Crippen molar-refractivity contribution in [3.05, 3.63) is 47.5 Å². The maximum absolute atomic E-state index is 12.0. The Morgan fingerprint density at radius 2 is 1.90 bits per heavy atom. The van der Waals surface area contributed by atoms with E-state index in [9.17, 15) is 8.42 Å². The number of rotatable bonds is 2. The fourth-order valence-electron chi connectivity index (χ4n) is 1.90. The molecule has 0 aliphatic heterocycles. The zero-order valence-corrected chi connectivity index (χ0v) is 13.0. The van der Waals surface area contributed by atoms with Gasteiger partial charge in [-0.3, -0.25) is 4.98 Å². The van der Waals surface area contributed by atoms with Crippen LogP contribution >= 0.6 is 0 Å². The molecule has 0 saturated carbocycles. The fraction of sp³-hybridized carbons (Fsp3) is 0.250. The molecule has 0 bridgehead atoms.